The molecule has 0 unspecified atom stereocenters. The van der Waals surface area contributed by atoms with E-state index in [1.807, 2.05) is 0 Å². The molecule has 1 aromatic rings. The van der Waals surface area contributed by atoms with Crippen molar-refractivity contribution in [3.63, 3.8) is 0 Å². The third-order valence-corrected chi connectivity index (χ3v) is 0.943. The number of nitrogens with two attached hydrogens (primary N) is 1. The van der Waals surface area contributed by atoms with Gasteiger partial charge in [0.2, 0.25) is 0 Å². The van der Waals surface area contributed by atoms with E-state index < -0.39 is 5.97 Å². The summed E-state index contributed by atoms with van der Waals surface area (Å²) >= 11 is 0. The molecule has 0 fully saturated rings. The van der Waals surface area contributed by atoms with Crippen LogP contribution in [-0.4, -0.2) is 21.0 Å². The Morgan fingerprint density at radius 1 is 1.70 bits per heavy atom. The molecule has 0 bridgehead atoms. The van der Waals surface area contributed by atoms with Crippen molar-refractivity contribution < 1.29 is 9.90 Å². The van der Waals surface area contributed by atoms with Gasteiger partial charge < -0.3 is 10.8 Å². The summed E-state index contributed by atoms with van der Waals surface area (Å²) in [5, 5.41) is 8.40. The van der Waals surface area contributed by atoms with Gasteiger partial charge in [-0.3, -0.25) is 0 Å². The zero-order valence-corrected chi connectivity index (χ0v) is 4.98. The second kappa shape index (κ2) is 2.30. The maximum atomic E-state index is 10.3. The highest BCUT2D eigenvalue weighted by atomic mass is 16.4. The summed E-state index contributed by atoms with van der Waals surface area (Å²) in [4.78, 5) is 17.2. The van der Waals surface area contributed by atoms with Crippen molar-refractivity contribution in [2.45, 2.75) is 0 Å². The van der Waals surface area contributed by atoms with Gasteiger partial charge in [0.05, 0.1) is 11.9 Å². The Balaban J connectivity index is 3.15. The van der Waals surface area contributed by atoms with E-state index in [-0.39, 0.29) is 11.4 Å². The van der Waals surface area contributed by atoms with Crippen molar-refractivity contribution in [1.29, 1.82) is 0 Å². The Morgan fingerprint density at radius 3 is 2.80 bits per heavy atom. The lowest BCUT2D eigenvalue weighted by Crippen LogP contribution is -2.05. The highest BCUT2D eigenvalue weighted by Gasteiger charge is 2.06. The fraction of sp³-hybridized carbons (Fsp3) is 0. The fourth-order valence-corrected chi connectivity index (χ4v) is 0.519. The molecular formula is C5H5N3O2. The smallest absolute Gasteiger partial charge is 0.356 e. The predicted octanol–water partition coefficient (Wildman–Crippen LogP) is -0.243. The lowest BCUT2D eigenvalue weighted by atomic mass is 10.3. The normalized spacial score (nSPS) is 9.20. The van der Waals surface area contributed by atoms with E-state index in [2.05, 4.69) is 9.97 Å². The third kappa shape index (κ3) is 1.02. The van der Waals surface area contributed by atoms with Crippen molar-refractivity contribution in [3.8, 4) is 0 Å². The Morgan fingerprint density at radius 2 is 2.40 bits per heavy atom. The van der Waals surface area contributed by atoms with Crippen molar-refractivity contribution in [2.24, 2.45) is 0 Å². The minimum Gasteiger partial charge on any atom is -0.476 e. The predicted molar refractivity (Wildman–Crippen MR) is 33.4 cm³/mol. The quantitative estimate of drug-likeness (QED) is 0.560. The monoisotopic (exact) mass is 139 g/mol. The summed E-state index contributed by atoms with van der Waals surface area (Å²) < 4.78 is 0. The maximum absolute atomic E-state index is 10.3. The Bertz CT molecular complexity index is 261. The number of carboxylic acid groups (broad SMARTS) is 1. The van der Waals surface area contributed by atoms with Crippen LogP contribution in [-0.2, 0) is 0 Å². The first kappa shape index (κ1) is 6.47. The molecule has 0 radical (unpaired) electrons. The molecule has 0 aliphatic heterocycles. The zero-order chi connectivity index (χ0) is 7.56. The summed E-state index contributed by atoms with van der Waals surface area (Å²) in [7, 11) is 0. The highest BCUT2D eigenvalue weighted by molar-refractivity contribution is 5.90. The number of hydrogen-bond acceptors (Lipinski definition) is 4. The number of rotatable bonds is 1. The van der Waals surface area contributed by atoms with Gasteiger partial charge in [0.25, 0.3) is 0 Å². The Kier molecular flexibility index (Phi) is 1.49. The van der Waals surface area contributed by atoms with E-state index in [9.17, 15) is 4.79 Å². The summed E-state index contributed by atoms with van der Waals surface area (Å²) in [6, 6.07) is 0. The van der Waals surface area contributed by atoms with Crippen LogP contribution >= 0.6 is 0 Å². The molecule has 10 heavy (non-hydrogen) atoms. The topological polar surface area (TPSA) is 89.1 Å². The van der Waals surface area contributed by atoms with Crippen LogP contribution in [0.2, 0.25) is 0 Å². The van der Waals surface area contributed by atoms with Gasteiger partial charge >= 0.3 is 5.97 Å². The lowest BCUT2D eigenvalue weighted by molar-refractivity contribution is 0.0691. The number of hydrogen-bond donors (Lipinski definition) is 2. The van der Waals surface area contributed by atoms with Gasteiger partial charge in [0, 0.05) is 0 Å². The molecule has 0 spiro atoms. The van der Waals surface area contributed by atoms with Crippen LogP contribution < -0.4 is 5.73 Å². The summed E-state index contributed by atoms with van der Waals surface area (Å²) in [5.41, 5.74) is 5.14. The number of aromatic nitrogens is 2. The molecule has 0 aliphatic rings. The molecule has 0 aliphatic carbocycles. The third-order valence-electron chi connectivity index (χ3n) is 0.943. The van der Waals surface area contributed by atoms with Gasteiger partial charge in [-0.1, -0.05) is 0 Å². The van der Waals surface area contributed by atoms with Crippen LogP contribution in [0.5, 0.6) is 0 Å². The fourth-order valence-electron chi connectivity index (χ4n) is 0.519. The number of nitrogens with zero attached hydrogens (tertiary/aromatic N) is 2. The van der Waals surface area contributed by atoms with Gasteiger partial charge in [-0.15, -0.1) is 0 Å². The summed E-state index contributed by atoms with van der Waals surface area (Å²) in [6.07, 6.45) is 2.39. The van der Waals surface area contributed by atoms with Crippen LogP contribution in [0.25, 0.3) is 0 Å². The van der Waals surface area contributed by atoms with E-state index in [0.29, 0.717) is 0 Å². The van der Waals surface area contributed by atoms with E-state index in [4.69, 9.17) is 10.8 Å². The first-order valence-corrected chi connectivity index (χ1v) is 2.50. The SMILES string of the molecule is Nc1cncnc1C(=O)O. The molecule has 1 rings (SSSR count). The molecule has 0 amide bonds. The molecule has 0 aromatic carbocycles. The van der Waals surface area contributed by atoms with Gasteiger partial charge in [0.1, 0.15) is 6.33 Å². The van der Waals surface area contributed by atoms with E-state index >= 15 is 0 Å². The Labute approximate surface area is 56.5 Å². The molecule has 1 heterocycles. The van der Waals surface area contributed by atoms with Crippen LogP contribution in [0.15, 0.2) is 12.5 Å². The second-order valence-electron chi connectivity index (χ2n) is 1.63. The van der Waals surface area contributed by atoms with Gasteiger partial charge in [-0.05, 0) is 0 Å². The Hall–Kier alpha value is -1.65. The van der Waals surface area contributed by atoms with Crippen molar-refractivity contribution in [3.05, 3.63) is 18.2 Å². The average Bonchev–Trinajstić information content (AvgIpc) is 1.88. The van der Waals surface area contributed by atoms with Gasteiger partial charge in [-0.25, -0.2) is 14.8 Å². The minimum absolute atomic E-state index is 0.0787. The van der Waals surface area contributed by atoms with E-state index in [0.717, 1.165) is 6.33 Å². The molecule has 1 aromatic heterocycles. The number of carboxylic acids is 1. The largest absolute Gasteiger partial charge is 0.476 e. The molecular weight excluding hydrogens is 134 g/mol. The summed E-state index contributed by atoms with van der Waals surface area (Å²) in [6.45, 7) is 0. The summed E-state index contributed by atoms with van der Waals surface area (Å²) in [5.74, 6) is -1.14. The van der Waals surface area contributed by atoms with Crippen molar-refractivity contribution >= 4 is 11.7 Å². The van der Waals surface area contributed by atoms with E-state index in [1.165, 1.54) is 6.20 Å². The molecule has 0 saturated heterocycles. The number of nitrogen functional groups attached to an aromatic ring is 1. The van der Waals surface area contributed by atoms with Crippen LogP contribution in [0.1, 0.15) is 10.5 Å². The molecule has 0 saturated carbocycles. The van der Waals surface area contributed by atoms with Crippen molar-refractivity contribution in [2.75, 3.05) is 5.73 Å². The number of carbonyl (C=O) groups is 1. The molecule has 0 atom stereocenters. The number of aromatic carboxylic acids is 1. The molecule has 5 heteroatoms. The standard InChI is InChI=1S/C5H5N3O2/c6-3-1-7-2-8-4(3)5(9)10/h1-2H,6H2,(H,9,10). The average molecular weight is 139 g/mol. The maximum Gasteiger partial charge on any atom is 0.356 e. The highest BCUT2D eigenvalue weighted by Crippen LogP contribution is 2.03. The molecule has 3 N–H and O–H groups in total. The van der Waals surface area contributed by atoms with Crippen LogP contribution in [0.3, 0.4) is 0 Å². The second-order valence-corrected chi connectivity index (χ2v) is 1.63. The minimum atomic E-state index is -1.14. The molecule has 52 valence electrons. The first-order valence-electron chi connectivity index (χ1n) is 2.50. The van der Waals surface area contributed by atoms with Gasteiger partial charge in [0.15, 0.2) is 5.69 Å². The van der Waals surface area contributed by atoms with Crippen molar-refractivity contribution in [1.82, 2.24) is 9.97 Å². The van der Waals surface area contributed by atoms with Gasteiger partial charge in [-0.2, -0.15) is 0 Å². The van der Waals surface area contributed by atoms with Crippen LogP contribution in [0.4, 0.5) is 5.69 Å². The first-order chi connectivity index (χ1) is 4.72. The lowest BCUT2D eigenvalue weighted by Gasteiger charge is -1.94. The number of anilines is 1. The zero-order valence-electron chi connectivity index (χ0n) is 4.98. The van der Waals surface area contributed by atoms with Crippen LogP contribution in [0, 0.1) is 0 Å². The molecule has 5 nitrogen and oxygen atoms in total. The van der Waals surface area contributed by atoms with E-state index in [1.54, 1.807) is 0 Å².